The molecule has 0 bridgehead atoms. The lowest BCUT2D eigenvalue weighted by molar-refractivity contribution is -0.388. The topological polar surface area (TPSA) is 124 Å². The number of H-pyrrole nitrogens is 1. The number of rotatable bonds is 3. The van der Waals surface area contributed by atoms with E-state index in [0.717, 1.165) is 29.0 Å². The minimum atomic E-state index is -0.551. The molecule has 100 valence electrons. The average Bonchev–Trinajstić information content (AvgIpc) is 2.80. The van der Waals surface area contributed by atoms with Crippen molar-refractivity contribution in [1.82, 2.24) is 19.9 Å². The smallest absolute Gasteiger partial charge is 0.320 e. The van der Waals surface area contributed by atoms with E-state index in [9.17, 15) is 10.1 Å². The minimum Gasteiger partial charge on any atom is -0.368 e. The van der Waals surface area contributed by atoms with Gasteiger partial charge in [0, 0.05) is 0 Å². The molecule has 0 atom stereocenters. The number of imidazole rings is 1. The van der Waals surface area contributed by atoms with Crippen molar-refractivity contribution in [2.24, 2.45) is 0 Å². The molecule has 2 heterocycles. The lowest BCUT2D eigenvalue weighted by Crippen LogP contribution is -2.00. The third kappa shape index (κ3) is 2.26. The summed E-state index contributed by atoms with van der Waals surface area (Å²) in [6, 6.07) is 7.45. The second-order valence-corrected chi connectivity index (χ2v) is 4.81. The first-order valence-electron chi connectivity index (χ1n) is 5.53. The average molecular weight is 288 g/mol. The Kier molecular flexibility index (Phi) is 2.95. The number of hydrogen-bond acceptors (Lipinski definition) is 7. The maximum atomic E-state index is 10.9. The molecule has 0 amide bonds. The molecule has 3 rings (SSSR count). The third-order valence-electron chi connectivity index (χ3n) is 2.51. The van der Waals surface area contributed by atoms with Crippen molar-refractivity contribution in [3.05, 3.63) is 40.6 Å². The molecule has 0 spiro atoms. The van der Waals surface area contributed by atoms with Gasteiger partial charge >= 0.3 is 5.69 Å². The van der Waals surface area contributed by atoms with Gasteiger partial charge in [-0.25, -0.2) is 9.97 Å². The highest BCUT2D eigenvalue weighted by Gasteiger charge is 2.19. The summed E-state index contributed by atoms with van der Waals surface area (Å²) < 4.78 is 0. The summed E-state index contributed by atoms with van der Waals surface area (Å²) in [7, 11) is 0. The monoisotopic (exact) mass is 288 g/mol. The Morgan fingerprint density at radius 3 is 2.85 bits per heavy atom. The van der Waals surface area contributed by atoms with Crippen LogP contribution in [0.2, 0.25) is 0 Å². The van der Waals surface area contributed by atoms with E-state index in [2.05, 4.69) is 19.9 Å². The normalized spacial score (nSPS) is 10.8. The van der Waals surface area contributed by atoms with Crippen molar-refractivity contribution in [2.75, 3.05) is 5.73 Å². The summed E-state index contributed by atoms with van der Waals surface area (Å²) in [6.45, 7) is 0. The fraction of sp³-hybridized carbons (Fsp3) is 0. The third-order valence-corrected chi connectivity index (χ3v) is 3.39. The molecule has 0 aliphatic heterocycles. The first-order chi connectivity index (χ1) is 9.63. The molecular weight excluding hydrogens is 280 g/mol. The number of aromatic amines is 1. The summed E-state index contributed by atoms with van der Waals surface area (Å²) in [5.74, 6) is -0.0192. The molecular formula is C11H8N6O2S. The van der Waals surface area contributed by atoms with Crippen LogP contribution < -0.4 is 5.73 Å². The van der Waals surface area contributed by atoms with Gasteiger partial charge in [0.1, 0.15) is 6.20 Å². The number of nitro groups is 1. The van der Waals surface area contributed by atoms with Crippen LogP contribution in [0.5, 0.6) is 0 Å². The van der Waals surface area contributed by atoms with Gasteiger partial charge in [0.15, 0.2) is 10.2 Å². The van der Waals surface area contributed by atoms with Gasteiger partial charge in [0.2, 0.25) is 5.95 Å². The molecule has 20 heavy (non-hydrogen) atoms. The van der Waals surface area contributed by atoms with Crippen LogP contribution in [0, 0.1) is 10.1 Å². The molecule has 0 aliphatic rings. The second-order valence-electron chi connectivity index (χ2n) is 3.84. The molecule has 0 saturated carbocycles. The van der Waals surface area contributed by atoms with E-state index in [1.807, 2.05) is 24.3 Å². The molecule has 9 heteroatoms. The van der Waals surface area contributed by atoms with Crippen LogP contribution in [0.15, 0.2) is 40.6 Å². The Balaban J connectivity index is 2.01. The second kappa shape index (κ2) is 4.78. The maximum absolute atomic E-state index is 10.9. The first kappa shape index (κ1) is 12.4. The summed E-state index contributed by atoms with van der Waals surface area (Å²) >= 11 is 1.04. The van der Waals surface area contributed by atoms with E-state index >= 15 is 0 Å². The lowest BCUT2D eigenvalue weighted by atomic mass is 10.3. The van der Waals surface area contributed by atoms with Gasteiger partial charge in [-0.1, -0.05) is 12.1 Å². The largest absolute Gasteiger partial charge is 0.368 e. The Hall–Kier alpha value is -2.68. The number of nitrogens with one attached hydrogen (secondary N) is 1. The molecule has 0 saturated heterocycles. The van der Waals surface area contributed by atoms with Crippen molar-refractivity contribution < 1.29 is 4.92 Å². The Morgan fingerprint density at radius 1 is 1.30 bits per heavy atom. The number of benzene rings is 1. The van der Waals surface area contributed by atoms with Crippen LogP contribution in [0.25, 0.3) is 11.0 Å². The zero-order valence-electron chi connectivity index (χ0n) is 9.98. The zero-order valence-corrected chi connectivity index (χ0v) is 10.8. The number of fused-ring (bicyclic) bond motifs is 1. The minimum absolute atomic E-state index is 0.0192. The van der Waals surface area contributed by atoms with Gasteiger partial charge in [0.25, 0.3) is 0 Å². The molecule has 3 aromatic rings. The number of hydrogen-bond donors (Lipinski definition) is 2. The van der Waals surface area contributed by atoms with Gasteiger partial charge < -0.3 is 10.7 Å². The molecule has 0 aliphatic carbocycles. The number of nitrogens with two attached hydrogens (primary N) is 1. The number of anilines is 1. The van der Waals surface area contributed by atoms with Gasteiger partial charge in [0.05, 0.1) is 16.0 Å². The van der Waals surface area contributed by atoms with E-state index in [1.54, 1.807) is 0 Å². The predicted octanol–water partition coefficient (Wildman–Crippen LogP) is 1.99. The van der Waals surface area contributed by atoms with Crippen LogP contribution in [-0.2, 0) is 0 Å². The number of nitrogen functional groups attached to an aromatic ring is 1. The number of aromatic nitrogens is 4. The van der Waals surface area contributed by atoms with Gasteiger partial charge in [-0.2, -0.15) is 4.98 Å². The Morgan fingerprint density at radius 2 is 2.10 bits per heavy atom. The van der Waals surface area contributed by atoms with Gasteiger partial charge in [-0.05, 0) is 23.9 Å². The van der Waals surface area contributed by atoms with Gasteiger partial charge in [-0.15, -0.1) is 0 Å². The fourth-order valence-corrected chi connectivity index (χ4v) is 2.50. The molecule has 0 unspecified atom stereocenters. The number of para-hydroxylation sites is 2. The molecule has 8 nitrogen and oxygen atoms in total. The first-order valence-corrected chi connectivity index (χ1v) is 6.34. The quantitative estimate of drug-likeness (QED) is 0.429. The van der Waals surface area contributed by atoms with E-state index < -0.39 is 4.92 Å². The molecule has 0 radical (unpaired) electrons. The summed E-state index contributed by atoms with van der Waals surface area (Å²) in [6.07, 6.45) is 1.09. The molecule has 1 aromatic carbocycles. The van der Waals surface area contributed by atoms with Crippen molar-refractivity contribution >= 4 is 34.4 Å². The molecule has 2 aromatic heterocycles. The highest BCUT2D eigenvalue weighted by atomic mass is 32.2. The standard InChI is InChI=1S/C11H8N6O2S/c12-10-13-5-8(17(18)19)9(16-10)20-11-14-6-3-1-2-4-7(6)15-11/h1-5H,(H,14,15)(H2,12,13,16). The summed E-state index contributed by atoms with van der Waals surface area (Å²) in [4.78, 5) is 25.3. The van der Waals surface area contributed by atoms with E-state index in [4.69, 9.17) is 5.73 Å². The van der Waals surface area contributed by atoms with Gasteiger partial charge in [-0.3, -0.25) is 10.1 Å². The van der Waals surface area contributed by atoms with E-state index in [0.29, 0.717) is 5.16 Å². The lowest BCUT2D eigenvalue weighted by Gasteiger charge is -1.99. The van der Waals surface area contributed by atoms with E-state index in [-0.39, 0.29) is 16.7 Å². The van der Waals surface area contributed by atoms with Crippen molar-refractivity contribution in [3.8, 4) is 0 Å². The molecule has 0 fully saturated rings. The van der Waals surface area contributed by atoms with Crippen LogP contribution in [0.1, 0.15) is 0 Å². The zero-order chi connectivity index (χ0) is 14.1. The summed E-state index contributed by atoms with van der Waals surface area (Å²) in [5.41, 5.74) is 6.89. The van der Waals surface area contributed by atoms with Crippen molar-refractivity contribution in [3.63, 3.8) is 0 Å². The summed E-state index contributed by atoms with van der Waals surface area (Å²) in [5, 5.41) is 11.6. The SMILES string of the molecule is Nc1ncc([N+](=O)[O-])c(Sc2nc3ccccc3[nH]2)n1. The van der Waals surface area contributed by atoms with Crippen molar-refractivity contribution in [2.45, 2.75) is 10.2 Å². The van der Waals surface area contributed by atoms with Crippen LogP contribution >= 0.6 is 11.8 Å². The molecule has 3 N–H and O–H groups in total. The van der Waals surface area contributed by atoms with Crippen LogP contribution in [-0.4, -0.2) is 24.9 Å². The maximum Gasteiger partial charge on any atom is 0.320 e. The van der Waals surface area contributed by atoms with E-state index in [1.165, 1.54) is 0 Å². The predicted molar refractivity (Wildman–Crippen MR) is 73.3 cm³/mol. The number of nitrogens with zero attached hydrogens (tertiary/aromatic N) is 4. The van der Waals surface area contributed by atoms with Crippen LogP contribution in [0.3, 0.4) is 0 Å². The van der Waals surface area contributed by atoms with Crippen molar-refractivity contribution in [1.29, 1.82) is 0 Å². The Labute approximate surface area is 116 Å². The highest BCUT2D eigenvalue weighted by molar-refractivity contribution is 7.99. The highest BCUT2D eigenvalue weighted by Crippen LogP contribution is 2.32. The fourth-order valence-electron chi connectivity index (χ4n) is 1.64. The Bertz CT molecular complexity index is 769. The van der Waals surface area contributed by atoms with Crippen LogP contribution in [0.4, 0.5) is 11.6 Å².